The lowest BCUT2D eigenvalue weighted by atomic mass is 10.1. The molecule has 7 heteroatoms. The average molecular weight is 396 g/mol. The van der Waals surface area contributed by atoms with Crippen molar-refractivity contribution in [3.63, 3.8) is 0 Å². The fraction of sp³-hybridized carbons (Fsp3) is 0.286. The molecule has 3 rings (SSSR count). The number of aromatic carboxylic acids is 1. The van der Waals surface area contributed by atoms with E-state index in [4.69, 9.17) is 4.74 Å². The first kappa shape index (κ1) is 20.0. The van der Waals surface area contributed by atoms with Gasteiger partial charge in [-0.15, -0.1) is 0 Å². The van der Waals surface area contributed by atoms with Gasteiger partial charge >= 0.3 is 5.97 Å². The van der Waals surface area contributed by atoms with Gasteiger partial charge in [0.1, 0.15) is 6.73 Å². The topological polar surface area (TPSA) is 77.2 Å². The minimum Gasteiger partial charge on any atom is -0.478 e. The van der Waals surface area contributed by atoms with Crippen molar-refractivity contribution in [3.05, 3.63) is 59.5 Å². The summed E-state index contributed by atoms with van der Waals surface area (Å²) < 4.78 is 7.57. The van der Waals surface area contributed by atoms with Crippen LogP contribution >= 0.6 is 0 Å². The summed E-state index contributed by atoms with van der Waals surface area (Å²) >= 11 is 0. The van der Waals surface area contributed by atoms with E-state index < -0.39 is 14.0 Å². The highest BCUT2D eigenvalue weighted by Crippen LogP contribution is 2.23. The molecule has 0 aliphatic heterocycles. The molecule has 2 heterocycles. The van der Waals surface area contributed by atoms with Crippen molar-refractivity contribution in [1.82, 2.24) is 14.8 Å². The van der Waals surface area contributed by atoms with Crippen LogP contribution < -0.4 is 0 Å². The predicted octanol–water partition coefficient (Wildman–Crippen LogP) is 4.61. The molecule has 1 aromatic carbocycles. The summed E-state index contributed by atoms with van der Waals surface area (Å²) in [6.07, 6.45) is 7.37. The Morgan fingerprint density at radius 2 is 1.93 bits per heavy atom. The number of carboxylic acid groups (broad SMARTS) is 1. The molecule has 1 N–H and O–H groups in total. The highest BCUT2D eigenvalue weighted by Gasteiger charge is 2.14. The summed E-state index contributed by atoms with van der Waals surface area (Å²) in [5.41, 5.74) is 2.78. The summed E-state index contributed by atoms with van der Waals surface area (Å²) in [5.74, 6) is -0.955. The Morgan fingerprint density at radius 1 is 1.18 bits per heavy atom. The van der Waals surface area contributed by atoms with Crippen molar-refractivity contribution in [3.8, 4) is 0 Å². The molecule has 0 bridgehead atoms. The normalized spacial score (nSPS) is 12.1. The SMILES string of the molecule is C[Si](C)(C)CCOCn1nc(C=Cc2ccncc2)c2ccc(C(=O)O)cc21. The van der Waals surface area contributed by atoms with Gasteiger partial charge in [-0.3, -0.25) is 4.98 Å². The second-order valence-corrected chi connectivity index (χ2v) is 13.5. The van der Waals surface area contributed by atoms with Crippen molar-refractivity contribution in [2.24, 2.45) is 0 Å². The first-order valence-electron chi connectivity index (χ1n) is 9.23. The quantitative estimate of drug-likeness (QED) is 0.445. The molecule has 3 aromatic rings. The number of benzene rings is 1. The fourth-order valence-electron chi connectivity index (χ4n) is 2.73. The molecule has 0 aliphatic rings. The van der Waals surface area contributed by atoms with E-state index in [1.807, 2.05) is 24.3 Å². The molecule has 28 heavy (non-hydrogen) atoms. The van der Waals surface area contributed by atoms with Crippen LogP contribution in [0.25, 0.3) is 23.1 Å². The number of ether oxygens (including phenoxy) is 1. The molecule has 6 nitrogen and oxygen atoms in total. The van der Waals surface area contributed by atoms with E-state index in [1.54, 1.807) is 35.3 Å². The summed E-state index contributed by atoms with van der Waals surface area (Å²) in [7, 11) is -1.17. The number of hydrogen-bond acceptors (Lipinski definition) is 4. The van der Waals surface area contributed by atoms with Crippen molar-refractivity contribution in [1.29, 1.82) is 0 Å². The number of carbonyl (C=O) groups is 1. The summed E-state index contributed by atoms with van der Waals surface area (Å²) in [4.78, 5) is 15.4. The van der Waals surface area contributed by atoms with Crippen LogP contribution in [0.4, 0.5) is 0 Å². The first-order valence-corrected chi connectivity index (χ1v) is 12.9. The van der Waals surface area contributed by atoms with E-state index in [2.05, 4.69) is 29.7 Å². The van der Waals surface area contributed by atoms with Gasteiger partial charge in [0.25, 0.3) is 0 Å². The molecule has 0 saturated heterocycles. The number of fused-ring (bicyclic) bond motifs is 1. The lowest BCUT2D eigenvalue weighted by molar-refractivity contribution is 0.0696. The molecule has 0 radical (unpaired) electrons. The molecule has 0 spiro atoms. The zero-order valence-electron chi connectivity index (χ0n) is 16.4. The molecule has 2 aromatic heterocycles. The number of aromatic nitrogens is 3. The van der Waals surface area contributed by atoms with Crippen molar-refractivity contribution < 1.29 is 14.6 Å². The van der Waals surface area contributed by atoms with Crippen LogP contribution in [0.2, 0.25) is 25.7 Å². The Hall–Kier alpha value is -2.77. The lowest BCUT2D eigenvalue weighted by Gasteiger charge is -2.15. The van der Waals surface area contributed by atoms with Crippen LogP contribution in [0.3, 0.4) is 0 Å². The van der Waals surface area contributed by atoms with E-state index >= 15 is 0 Å². The van der Waals surface area contributed by atoms with Gasteiger partial charge in [0.2, 0.25) is 0 Å². The van der Waals surface area contributed by atoms with Gasteiger partial charge in [-0.1, -0.05) is 25.7 Å². The predicted molar refractivity (Wildman–Crippen MR) is 114 cm³/mol. The van der Waals surface area contributed by atoms with Gasteiger partial charge in [-0.25, -0.2) is 9.48 Å². The summed E-state index contributed by atoms with van der Waals surface area (Å²) in [5, 5.41) is 14.9. The second kappa shape index (κ2) is 8.49. The van der Waals surface area contributed by atoms with Crippen LogP contribution in [0.1, 0.15) is 21.6 Å². The molecule has 0 saturated carbocycles. The molecule has 0 aliphatic carbocycles. The van der Waals surface area contributed by atoms with Crippen molar-refractivity contribution in [2.45, 2.75) is 32.4 Å². The van der Waals surface area contributed by atoms with Gasteiger partial charge in [0, 0.05) is 32.5 Å². The zero-order chi connectivity index (χ0) is 20.1. The Bertz CT molecular complexity index is 991. The van der Waals surface area contributed by atoms with E-state index in [1.165, 1.54) is 0 Å². The van der Waals surface area contributed by atoms with Crippen LogP contribution in [0.5, 0.6) is 0 Å². The van der Waals surface area contributed by atoms with Crippen molar-refractivity contribution >= 4 is 37.1 Å². The fourth-order valence-corrected chi connectivity index (χ4v) is 3.49. The molecular weight excluding hydrogens is 370 g/mol. The summed E-state index contributed by atoms with van der Waals surface area (Å²) in [6, 6.07) is 9.95. The van der Waals surface area contributed by atoms with E-state index in [0.717, 1.165) is 28.2 Å². The largest absolute Gasteiger partial charge is 0.478 e. The Morgan fingerprint density at radius 3 is 2.61 bits per heavy atom. The summed E-state index contributed by atoms with van der Waals surface area (Å²) in [6.45, 7) is 7.90. The van der Waals surface area contributed by atoms with E-state index in [-0.39, 0.29) is 5.56 Å². The average Bonchev–Trinajstić information content (AvgIpc) is 3.01. The third-order valence-corrected chi connectivity index (χ3v) is 6.08. The van der Waals surface area contributed by atoms with Gasteiger partial charge in [0.15, 0.2) is 0 Å². The molecule has 0 amide bonds. The Balaban J connectivity index is 1.89. The smallest absolute Gasteiger partial charge is 0.335 e. The molecule has 0 fully saturated rings. The highest BCUT2D eigenvalue weighted by molar-refractivity contribution is 6.76. The van der Waals surface area contributed by atoms with Crippen molar-refractivity contribution in [2.75, 3.05) is 6.61 Å². The maximum atomic E-state index is 11.4. The number of rotatable bonds is 8. The van der Waals surface area contributed by atoms with Crippen LogP contribution in [-0.2, 0) is 11.5 Å². The number of hydrogen-bond donors (Lipinski definition) is 1. The van der Waals surface area contributed by atoms with E-state index in [0.29, 0.717) is 13.3 Å². The van der Waals surface area contributed by atoms with Crippen LogP contribution in [-0.4, -0.2) is 40.5 Å². The Kier molecular flexibility index (Phi) is 6.06. The second-order valence-electron chi connectivity index (χ2n) is 7.88. The van der Waals surface area contributed by atoms with Gasteiger partial charge in [-0.2, -0.15) is 5.10 Å². The highest BCUT2D eigenvalue weighted by atomic mass is 28.3. The third kappa shape index (κ3) is 5.14. The molecule has 146 valence electrons. The number of nitrogens with zero attached hydrogens (tertiary/aromatic N) is 3. The van der Waals surface area contributed by atoms with E-state index in [9.17, 15) is 9.90 Å². The first-order chi connectivity index (χ1) is 13.3. The zero-order valence-corrected chi connectivity index (χ0v) is 17.4. The number of pyridine rings is 1. The lowest BCUT2D eigenvalue weighted by Crippen LogP contribution is -2.22. The van der Waals surface area contributed by atoms with Crippen LogP contribution in [0.15, 0.2) is 42.7 Å². The maximum absolute atomic E-state index is 11.4. The maximum Gasteiger partial charge on any atom is 0.335 e. The molecule has 0 unspecified atom stereocenters. The molecular formula is C21H25N3O3Si. The van der Waals surface area contributed by atoms with Gasteiger partial charge < -0.3 is 9.84 Å². The Labute approximate surface area is 165 Å². The van der Waals surface area contributed by atoms with Gasteiger partial charge in [-0.05, 0) is 48.0 Å². The monoisotopic (exact) mass is 395 g/mol. The van der Waals surface area contributed by atoms with Crippen LogP contribution in [0, 0.1) is 0 Å². The molecule has 0 atom stereocenters. The number of carboxylic acids is 1. The van der Waals surface area contributed by atoms with Gasteiger partial charge in [0.05, 0.1) is 16.8 Å². The standard InChI is InChI=1S/C21H25N3O3Si/c1-28(2,3)13-12-27-15-24-20-14-17(21(25)26)5-6-18(20)19(23-24)7-4-16-8-10-22-11-9-16/h4-11,14H,12-13,15H2,1-3H3,(H,25,26). The minimum absolute atomic E-state index is 0.236. The minimum atomic E-state index is -1.17. The third-order valence-electron chi connectivity index (χ3n) is 4.38.